The lowest BCUT2D eigenvalue weighted by atomic mass is 10.0. The minimum absolute atomic E-state index is 0.114. The molecule has 0 aromatic heterocycles. The highest BCUT2D eigenvalue weighted by Crippen LogP contribution is 2.19. The maximum atomic E-state index is 13.8. The second-order valence-electron chi connectivity index (χ2n) is 18.7. The number of ether oxygens (including phenoxy) is 2. The molecule has 5 aromatic rings. The van der Waals surface area contributed by atoms with Gasteiger partial charge in [-0.15, -0.1) is 0 Å². The van der Waals surface area contributed by atoms with Gasteiger partial charge in [-0.2, -0.15) is 0 Å². The summed E-state index contributed by atoms with van der Waals surface area (Å²) < 4.78 is 11.8. The highest BCUT2D eigenvalue weighted by Gasteiger charge is 2.17. The smallest absolute Gasteiger partial charge is 0.254 e. The van der Waals surface area contributed by atoms with Crippen LogP contribution in [0.15, 0.2) is 133 Å². The standard InChI is InChI=1S/C37H52N2O2.C25H38N2O/c1-4-7-11-15-32-18-22-35(23-19-32)37(40)39(29-14-28-38(26-8-5-2)27-9-6-3)30-33-20-24-36(25-21-33)41-31-34-16-12-10-13-17-34;1-3-5-18-27(19-6-4-2)20-10-17-26-21-23-13-15-25(16-14-23)28-22-24-11-8-7-9-12-24/h10,12-13,16-25H,4-9,11,14-15,26-31H2,1-3H3;7-9,11-16,26H,3-6,10,17-22H2,1-2H3. The van der Waals surface area contributed by atoms with Crippen molar-refractivity contribution >= 4 is 5.91 Å². The zero-order valence-electron chi connectivity index (χ0n) is 43.7. The monoisotopic (exact) mass is 939 g/mol. The number of nitrogens with one attached hydrogen (secondary N) is 1. The Balaban J connectivity index is 0.000000323. The van der Waals surface area contributed by atoms with Crippen LogP contribution in [0.2, 0.25) is 0 Å². The van der Waals surface area contributed by atoms with Crippen molar-refractivity contribution in [2.75, 3.05) is 52.4 Å². The summed E-state index contributed by atoms with van der Waals surface area (Å²) in [6, 6.07) is 45.5. The van der Waals surface area contributed by atoms with Gasteiger partial charge in [0.2, 0.25) is 0 Å². The highest BCUT2D eigenvalue weighted by atomic mass is 16.5. The lowest BCUT2D eigenvalue weighted by molar-refractivity contribution is 0.0734. The summed E-state index contributed by atoms with van der Waals surface area (Å²) in [6.07, 6.45) is 17.0. The van der Waals surface area contributed by atoms with Gasteiger partial charge in [0, 0.05) is 25.2 Å². The topological polar surface area (TPSA) is 57.3 Å². The number of hydrogen-bond acceptors (Lipinski definition) is 6. The fourth-order valence-electron chi connectivity index (χ4n) is 8.27. The number of aryl methyl sites for hydroxylation is 1. The minimum atomic E-state index is 0.114. The van der Waals surface area contributed by atoms with E-state index in [0.717, 1.165) is 80.3 Å². The maximum absolute atomic E-state index is 13.8. The molecule has 0 fully saturated rings. The van der Waals surface area contributed by atoms with E-state index in [9.17, 15) is 4.79 Å². The molecular weight excluding hydrogens is 849 g/mol. The fraction of sp³-hybridized carbons (Fsp3) is 0.500. The number of carbonyl (C=O) groups is 1. The van der Waals surface area contributed by atoms with Crippen molar-refractivity contribution < 1.29 is 14.3 Å². The Morgan fingerprint density at radius 3 is 1.33 bits per heavy atom. The van der Waals surface area contributed by atoms with Gasteiger partial charge in [0.15, 0.2) is 0 Å². The van der Waals surface area contributed by atoms with Crippen LogP contribution in [-0.4, -0.2) is 73.0 Å². The molecule has 1 N–H and O–H groups in total. The number of amides is 1. The average Bonchev–Trinajstić information content (AvgIpc) is 3.39. The summed E-state index contributed by atoms with van der Waals surface area (Å²) in [4.78, 5) is 21.0. The van der Waals surface area contributed by atoms with Gasteiger partial charge in [-0.1, -0.05) is 170 Å². The molecule has 0 aliphatic rings. The van der Waals surface area contributed by atoms with Gasteiger partial charge in [-0.25, -0.2) is 0 Å². The van der Waals surface area contributed by atoms with E-state index in [1.54, 1.807) is 0 Å². The SMILES string of the molecule is CCCCCc1ccc(C(=O)N(CCCN(CCCC)CCCC)Cc2ccc(OCc3ccccc3)cc2)cc1.CCCCN(CCCC)CCCNCc1ccc(OCc2ccccc2)cc1. The third-order valence-electron chi connectivity index (χ3n) is 12.6. The molecule has 0 saturated heterocycles. The Morgan fingerprint density at radius 2 is 0.855 bits per heavy atom. The average molecular weight is 939 g/mol. The summed E-state index contributed by atoms with van der Waals surface area (Å²) in [5.41, 5.74) is 6.86. The molecule has 0 heterocycles. The number of benzene rings is 5. The van der Waals surface area contributed by atoms with Crippen molar-refractivity contribution in [1.29, 1.82) is 0 Å². The molecule has 0 saturated carbocycles. The first kappa shape index (κ1) is 56.6. The summed E-state index contributed by atoms with van der Waals surface area (Å²) in [5.74, 6) is 1.88. The molecule has 69 heavy (non-hydrogen) atoms. The van der Waals surface area contributed by atoms with Crippen molar-refractivity contribution in [2.45, 2.75) is 151 Å². The van der Waals surface area contributed by atoms with E-state index in [2.05, 4.69) is 123 Å². The van der Waals surface area contributed by atoms with Crippen LogP contribution in [0.5, 0.6) is 11.5 Å². The van der Waals surface area contributed by atoms with E-state index < -0.39 is 0 Å². The van der Waals surface area contributed by atoms with Crippen LogP contribution < -0.4 is 14.8 Å². The zero-order chi connectivity index (χ0) is 49.0. The predicted octanol–water partition coefficient (Wildman–Crippen LogP) is 14.6. The number of rotatable bonds is 35. The quantitative estimate of drug-likeness (QED) is 0.0409. The summed E-state index contributed by atoms with van der Waals surface area (Å²) in [6.45, 7) is 22.8. The van der Waals surface area contributed by atoms with Gasteiger partial charge in [0.25, 0.3) is 5.91 Å². The Hall–Kier alpha value is -4.95. The molecule has 5 aromatic carbocycles. The van der Waals surface area contributed by atoms with E-state index in [1.807, 2.05) is 65.6 Å². The number of unbranched alkanes of at least 4 members (excludes halogenated alkanes) is 6. The summed E-state index contributed by atoms with van der Waals surface area (Å²) in [5, 5.41) is 3.58. The van der Waals surface area contributed by atoms with Crippen molar-refractivity contribution in [2.24, 2.45) is 0 Å². The molecule has 7 nitrogen and oxygen atoms in total. The molecule has 0 atom stereocenters. The van der Waals surface area contributed by atoms with Crippen LogP contribution in [0.4, 0.5) is 0 Å². The Labute approximate surface area is 420 Å². The van der Waals surface area contributed by atoms with Crippen LogP contribution in [0.1, 0.15) is 156 Å². The van der Waals surface area contributed by atoms with Gasteiger partial charge in [-0.3, -0.25) is 4.79 Å². The largest absolute Gasteiger partial charge is 0.489 e. The summed E-state index contributed by atoms with van der Waals surface area (Å²) >= 11 is 0. The minimum Gasteiger partial charge on any atom is -0.489 e. The van der Waals surface area contributed by atoms with Crippen LogP contribution in [0.25, 0.3) is 0 Å². The van der Waals surface area contributed by atoms with E-state index in [-0.39, 0.29) is 5.91 Å². The molecule has 0 radical (unpaired) electrons. The van der Waals surface area contributed by atoms with Crippen LogP contribution in [-0.2, 0) is 32.7 Å². The fourth-order valence-corrected chi connectivity index (χ4v) is 8.27. The van der Waals surface area contributed by atoms with Gasteiger partial charge in [0.1, 0.15) is 24.7 Å². The van der Waals surface area contributed by atoms with Crippen LogP contribution >= 0.6 is 0 Å². The van der Waals surface area contributed by atoms with Crippen molar-refractivity contribution in [3.8, 4) is 11.5 Å². The maximum Gasteiger partial charge on any atom is 0.254 e. The first-order valence-electron chi connectivity index (χ1n) is 27.0. The van der Waals surface area contributed by atoms with E-state index >= 15 is 0 Å². The normalized spacial score (nSPS) is 11.1. The molecule has 376 valence electrons. The van der Waals surface area contributed by atoms with Crippen LogP contribution in [0, 0.1) is 0 Å². The van der Waals surface area contributed by atoms with Gasteiger partial charge < -0.3 is 29.5 Å². The first-order valence-corrected chi connectivity index (χ1v) is 27.0. The highest BCUT2D eigenvalue weighted by molar-refractivity contribution is 5.94. The van der Waals surface area contributed by atoms with Crippen LogP contribution in [0.3, 0.4) is 0 Å². The summed E-state index contributed by atoms with van der Waals surface area (Å²) in [7, 11) is 0. The number of nitrogens with zero attached hydrogens (tertiary/aromatic N) is 3. The van der Waals surface area contributed by atoms with Crippen molar-refractivity contribution in [1.82, 2.24) is 20.0 Å². The molecule has 5 rings (SSSR count). The van der Waals surface area contributed by atoms with Gasteiger partial charge in [0.05, 0.1) is 0 Å². The lowest BCUT2D eigenvalue weighted by Crippen LogP contribution is -2.34. The molecule has 0 bridgehead atoms. The third kappa shape index (κ3) is 24.4. The van der Waals surface area contributed by atoms with E-state index in [4.69, 9.17) is 9.47 Å². The number of carbonyl (C=O) groups excluding carboxylic acids is 1. The molecular formula is C62H90N4O3. The molecule has 0 aliphatic heterocycles. The third-order valence-corrected chi connectivity index (χ3v) is 12.6. The predicted molar refractivity (Wildman–Crippen MR) is 292 cm³/mol. The number of hydrogen-bond donors (Lipinski definition) is 1. The molecule has 0 unspecified atom stereocenters. The van der Waals surface area contributed by atoms with Gasteiger partial charge in [-0.05, 0) is 161 Å². The first-order chi connectivity index (χ1) is 33.9. The van der Waals surface area contributed by atoms with Crippen molar-refractivity contribution in [3.05, 3.63) is 167 Å². The Morgan fingerprint density at radius 1 is 0.420 bits per heavy atom. The Kier molecular flexibility index (Phi) is 29.6. The van der Waals surface area contributed by atoms with Gasteiger partial charge >= 0.3 is 0 Å². The molecule has 0 spiro atoms. The zero-order valence-corrected chi connectivity index (χ0v) is 43.7. The Bertz CT molecular complexity index is 1970. The molecule has 7 heteroatoms. The lowest BCUT2D eigenvalue weighted by Gasteiger charge is -2.26. The van der Waals surface area contributed by atoms with E-state index in [1.165, 1.54) is 113 Å². The van der Waals surface area contributed by atoms with Crippen molar-refractivity contribution in [3.63, 3.8) is 0 Å². The molecule has 1 amide bonds. The van der Waals surface area contributed by atoms with E-state index in [0.29, 0.717) is 19.8 Å². The molecule has 0 aliphatic carbocycles. The second kappa shape index (κ2) is 36.1. The second-order valence-corrected chi connectivity index (χ2v) is 18.7.